The fourth-order valence-corrected chi connectivity index (χ4v) is 4.28. The summed E-state index contributed by atoms with van der Waals surface area (Å²) in [6.07, 6.45) is 3.54. The maximum Gasteiger partial charge on any atom is 0.260 e. The Morgan fingerprint density at radius 3 is 3.00 bits per heavy atom. The van der Waals surface area contributed by atoms with Gasteiger partial charge in [-0.2, -0.15) is 4.98 Å². The minimum atomic E-state index is -0.198. The van der Waals surface area contributed by atoms with Gasteiger partial charge in [0, 0.05) is 11.9 Å². The number of halogens is 1. The van der Waals surface area contributed by atoms with Crippen LogP contribution in [0, 0.1) is 0 Å². The van der Waals surface area contributed by atoms with Crippen LogP contribution in [0.1, 0.15) is 16.8 Å². The highest BCUT2D eigenvalue weighted by Gasteiger charge is 2.37. The molecule has 0 saturated carbocycles. The van der Waals surface area contributed by atoms with E-state index in [-0.39, 0.29) is 17.0 Å². The lowest BCUT2D eigenvalue weighted by Gasteiger charge is -2.16. The standard InChI is InChI=1S/C19H13ClN6OS/c20-16-15-12(7-11-2-1-5-22-11)18(27)26(17(15)25-19(21)24-16)8-10-3-4-13-14(6-10)28-9-23-13/h1-7,9,22H,8H2,(H2,21,24,25)/b12-7-. The molecule has 1 aromatic carbocycles. The SMILES string of the molecule is Nc1nc(Cl)c2c(n1)N(Cc1ccc3ncsc3c1)C(=O)/C2=C\c1ccc[nH]1. The van der Waals surface area contributed by atoms with E-state index in [4.69, 9.17) is 17.3 Å². The van der Waals surface area contributed by atoms with Gasteiger partial charge in [0.15, 0.2) is 5.82 Å². The molecule has 3 aromatic heterocycles. The van der Waals surface area contributed by atoms with Crippen LogP contribution in [-0.2, 0) is 11.3 Å². The number of thiazole rings is 1. The number of carbonyl (C=O) groups excluding carboxylic acids is 1. The van der Waals surface area contributed by atoms with Crippen molar-refractivity contribution < 1.29 is 4.79 Å². The number of H-pyrrole nitrogens is 1. The number of anilines is 2. The van der Waals surface area contributed by atoms with Crippen LogP contribution in [0.15, 0.2) is 42.0 Å². The molecule has 4 aromatic rings. The fourth-order valence-electron chi connectivity index (χ4n) is 3.26. The smallest absolute Gasteiger partial charge is 0.260 e. The van der Waals surface area contributed by atoms with Gasteiger partial charge in [0.05, 0.1) is 33.4 Å². The number of benzene rings is 1. The Hall–Kier alpha value is -3.23. The molecule has 9 heteroatoms. The van der Waals surface area contributed by atoms with Crippen LogP contribution >= 0.6 is 22.9 Å². The van der Waals surface area contributed by atoms with Gasteiger partial charge in [-0.1, -0.05) is 17.7 Å². The van der Waals surface area contributed by atoms with E-state index in [1.54, 1.807) is 34.0 Å². The third-order valence-corrected chi connectivity index (χ3v) is 5.59. The van der Waals surface area contributed by atoms with Crippen molar-refractivity contribution in [2.24, 2.45) is 0 Å². The molecule has 28 heavy (non-hydrogen) atoms. The number of nitrogen functional groups attached to an aromatic ring is 1. The summed E-state index contributed by atoms with van der Waals surface area (Å²) in [5, 5.41) is 0.161. The van der Waals surface area contributed by atoms with Crippen molar-refractivity contribution in [1.29, 1.82) is 0 Å². The van der Waals surface area contributed by atoms with Gasteiger partial charge in [-0.05, 0) is 35.9 Å². The number of hydrogen-bond donors (Lipinski definition) is 2. The number of carbonyl (C=O) groups is 1. The van der Waals surface area contributed by atoms with Crippen LogP contribution in [-0.4, -0.2) is 25.8 Å². The van der Waals surface area contributed by atoms with E-state index in [9.17, 15) is 4.79 Å². The third-order valence-electron chi connectivity index (χ3n) is 4.52. The van der Waals surface area contributed by atoms with Gasteiger partial charge in [0.25, 0.3) is 5.91 Å². The molecule has 0 aliphatic carbocycles. The van der Waals surface area contributed by atoms with E-state index in [1.807, 2.05) is 30.3 Å². The highest BCUT2D eigenvalue weighted by Crippen LogP contribution is 2.41. The van der Waals surface area contributed by atoms with Crippen LogP contribution in [0.2, 0.25) is 5.15 Å². The topological polar surface area (TPSA) is 101 Å². The number of nitrogens with zero attached hydrogens (tertiary/aromatic N) is 4. The predicted octanol–water partition coefficient (Wildman–Crippen LogP) is 3.74. The van der Waals surface area contributed by atoms with Gasteiger partial charge in [-0.15, -0.1) is 11.3 Å². The van der Waals surface area contributed by atoms with Crippen LogP contribution in [0.4, 0.5) is 11.8 Å². The molecule has 1 aliphatic rings. The number of hydrogen-bond acceptors (Lipinski definition) is 6. The third kappa shape index (κ3) is 2.74. The minimum absolute atomic E-state index is 0.0283. The highest BCUT2D eigenvalue weighted by atomic mass is 35.5. The minimum Gasteiger partial charge on any atom is -0.368 e. The van der Waals surface area contributed by atoms with E-state index in [2.05, 4.69) is 19.9 Å². The summed E-state index contributed by atoms with van der Waals surface area (Å²) in [4.78, 5) is 30.5. The van der Waals surface area contributed by atoms with Crippen molar-refractivity contribution in [1.82, 2.24) is 19.9 Å². The average molecular weight is 409 g/mol. The number of rotatable bonds is 3. The first-order valence-corrected chi connectivity index (χ1v) is 9.68. The van der Waals surface area contributed by atoms with Crippen LogP contribution in [0.25, 0.3) is 21.9 Å². The maximum absolute atomic E-state index is 13.2. The first-order chi connectivity index (χ1) is 13.6. The fraction of sp³-hybridized carbons (Fsp3) is 0.0526. The van der Waals surface area contributed by atoms with Crippen LogP contribution in [0.5, 0.6) is 0 Å². The molecule has 138 valence electrons. The van der Waals surface area contributed by atoms with Gasteiger partial charge in [0.2, 0.25) is 5.95 Å². The summed E-state index contributed by atoms with van der Waals surface area (Å²) >= 11 is 7.90. The van der Waals surface area contributed by atoms with Crippen molar-refractivity contribution >= 4 is 62.5 Å². The first kappa shape index (κ1) is 16.9. The summed E-state index contributed by atoms with van der Waals surface area (Å²) in [7, 11) is 0. The molecule has 0 radical (unpaired) electrons. The number of aromatic nitrogens is 4. The molecule has 0 unspecified atom stereocenters. The Labute approximate surface area is 168 Å². The number of nitrogens with one attached hydrogen (secondary N) is 1. The molecule has 0 saturated heterocycles. The van der Waals surface area contributed by atoms with Crippen LogP contribution < -0.4 is 10.6 Å². The molecular formula is C19H13ClN6OS. The van der Waals surface area contributed by atoms with Crippen molar-refractivity contribution in [2.45, 2.75) is 6.54 Å². The second kappa shape index (κ2) is 6.43. The second-order valence-corrected chi connectivity index (χ2v) is 7.54. The summed E-state index contributed by atoms with van der Waals surface area (Å²) in [5.41, 5.74) is 11.2. The zero-order valence-corrected chi connectivity index (χ0v) is 16.0. The number of amides is 1. The van der Waals surface area contributed by atoms with E-state index in [0.717, 1.165) is 21.5 Å². The highest BCUT2D eigenvalue weighted by molar-refractivity contribution is 7.16. The van der Waals surface area contributed by atoms with E-state index in [0.29, 0.717) is 23.5 Å². The Kier molecular flexibility index (Phi) is 3.88. The maximum atomic E-state index is 13.2. The average Bonchev–Trinajstić information content (AvgIpc) is 3.39. The van der Waals surface area contributed by atoms with Crippen molar-refractivity contribution in [2.75, 3.05) is 10.6 Å². The molecule has 7 nitrogen and oxygen atoms in total. The Morgan fingerprint density at radius 2 is 2.18 bits per heavy atom. The zero-order chi connectivity index (χ0) is 19.3. The van der Waals surface area contributed by atoms with Crippen molar-refractivity contribution in [3.63, 3.8) is 0 Å². The monoisotopic (exact) mass is 408 g/mol. The normalized spacial score (nSPS) is 15.0. The summed E-state index contributed by atoms with van der Waals surface area (Å²) in [6, 6.07) is 9.65. The zero-order valence-electron chi connectivity index (χ0n) is 14.4. The quantitative estimate of drug-likeness (QED) is 0.397. The lowest BCUT2D eigenvalue weighted by Crippen LogP contribution is -2.26. The van der Waals surface area contributed by atoms with E-state index >= 15 is 0 Å². The lowest BCUT2D eigenvalue weighted by atomic mass is 10.1. The molecule has 3 N–H and O–H groups in total. The Balaban J connectivity index is 1.61. The van der Waals surface area contributed by atoms with E-state index < -0.39 is 0 Å². The van der Waals surface area contributed by atoms with Gasteiger partial charge in [-0.25, -0.2) is 9.97 Å². The molecule has 4 heterocycles. The van der Waals surface area contributed by atoms with Gasteiger partial charge in [-0.3, -0.25) is 9.69 Å². The van der Waals surface area contributed by atoms with Gasteiger partial charge in [0.1, 0.15) is 5.15 Å². The molecular weight excluding hydrogens is 396 g/mol. The summed E-state index contributed by atoms with van der Waals surface area (Å²) in [6.45, 7) is 0.342. The molecule has 1 aliphatic heterocycles. The molecule has 0 atom stereocenters. The van der Waals surface area contributed by atoms with E-state index in [1.165, 1.54) is 0 Å². The second-order valence-electron chi connectivity index (χ2n) is 6.30. The molecule has 0 fully saturated rings. The van der Waals surface area contributed by atoms with Crippen LogP contribution in [0.3, 0.4) is 0 Å². The number of fused-ring (bicyclic) bond motifs is 2. The Bertz CT molecular complexity index is 1250. The van der Waals surface area contributed by atoms with Gasteiger partial charge >= 0.3 is 0 Å². The predicted molar refractivity (Wildman–Crippen MR) is 111 cm³/mol. The summed E-state index contributed by atoms with van der Waals surface area (Å²) < 4.78 is 1.06. The van der Waals surface area contributed by atoms with Crippen molar-refractivity contribution in [3.05, 3.63) is 64.0 Å². The molecule has 1 amide bonds. The largest absolute Gasteiger partial charge is 0.368 e. The summed E-state index contributed by atoms with van der Waals surface area (Å²) in [5.74, 6) is 0.251. The van der Waals surface area contributed by atoms with Crippen molar-refractivity contribution in [3.8, 4) is 0 Å². The molecule has 0 bridgehead atoms. The number of aromatic amines is 1. The first-order valence-electron chi connectivity index (χ1n) is 8.42. The lowest BCUT2D eigenvalue weighted by molar-refractivity contribution is -0.113. The van der Waals surface area contributed by atoms with Gasteiger partial charge < -0.3 is 10.7 Å². The Morgan fingerprint density at radius 1 is 1.29 bits per heavy atom. The number of nitrogens with two attached hydrogens (primary N) is 1. The molecule has 0 spiro atoms. The molecule has 5 rings (SSSR count).